The highest BCUT2D eigenvalue weighted by Gasteiger charge is 2.36. The van der Waals surface area contributed by atoms with E-state index in [0.717, 1.165) is 12.8 Å². The molecule has 3 N–H and O–H groups in total. The number of nitrogens with one attached hydrogen (secondary N) is 1. The molecule has 1 atom stereocenters. The Kier molecular flexibility index (Phi) is 6.45. The third-order valence-electron chi connectivity index (χ3n) is 4.89. The molecule has 2 amide bonds. The van der Waals surface area contributed by atoms with Gasteiger partial charge < -0.3 is 20.4 Å². The molecule has 0 saturated carbocycles. The van der Waals surface area contributed by atoms with Gasteiger partial charge in [-0.3, -0.25) is 4.79 Å². The number of hydrogen-bond donors (Lipinski definition) is 3. The van der Waals surface area contributed by atoms with Crippen LogP contribution >= 0.6 is 0 Å². The molecule has 0 radical (unpaired) electrons. The summed E-state index contributed by atoms with van der Waals surface area (Å²) in [7, 11) is 0. The number of carbonyl (C=O) groups excluding carboxylic acids is 1. The molecule has 0 bridgehead atoms. The zero-order valence-electron chi connectivity index (χ0n) is 13.3. The smallest absolute Gasteiger partial charge is 0.317 e. The molecule has 0 spiro atoms. The Morgan fingerprint density at radius 1 is 1.29 bits per heavy atom. The number of amides is 2. The summed E-state index contributed by atoms with van der Waals surface area (Å²) in [5.74, 6) is -0.612. The van der Waals surface area contributed by atoms with Gasteiger partial charge in [0.15, 0.2) is 0 Å². The van der Waals surface area contributed by atoms with Crippen LogP contribution in [0, 0.1) is 11.3 Å². The first-order chi connectivity index (χ1) is 9.86. The number of aliphatic hydroxyl groups excluding tert-OH is 1. The highest BCUT2D eigenvalue weighted by molar-refractivity contribution is 5.78. The van der Waals surface area contributed by atoms with Gasteiger partial charge >= 0.3 is 12.0 Å². The predicted molar refractivity (Wildman–Crippen MR) is 80.0 cm³/mol. The maximum Gasteiger partial charge on any atom is 0.317 e. The van der Waals surface area contributed by atoms with Crippen LogP contribution in [-0.4, -0.2) is 52.9 Å². The van der Waals surface area contributed by atoms with Crippen LogP contribution < -0.4 is 5.32 Å². The molecule has 1 saturated heterocycles. The van der Waals surface area contributed by atoms with Crippen molar-refractivity contribution >= 4 is 12.0 Å². The van der Waals surface area contributed by atoms with E-state index in [1.54, 1.807) is 11.8 Å². The minimum atomic E-state index is -0.881. The summed E-state index contributed by atoms with van der Waals surface area (Å²) in [6, 6.07) is -0.202. The zero-order chi connectivity index (χ0) is 16.0. The fourth-order valence-corrected chi connectivity index (χ4v) is 2.82. The first-order valence-electron chi connectivity index (χ1n) is 7.80. The van der Waals surface area contributed by atoms with E-state index in [4.69, 9.17) is 0 Å². The van der Waals surface area contributed by atoms with E-state index in [1.165, 1.54) is 0 Å². The SMILES string of the molecule is CCC(CC)(CNC(=O)N1CCC(C(C)O)CC1)C(=O)O. The molecule has 0 aliphatic carbocycles. The standard InChI is InChI=1S/C15H28N2O4/c1-4-15(5-2,13(19)20)10-16-14(21)17-8-6-12(7-9-17)11(3)18/h11-12,18H,4-10H2,1-3H3,(H,16,21)(H,19,20). The second-order valence-electron chi connectivity index (χ2n) is 6.02. The van der Waals surface area contributed by atoms with Crippen LogP contribution in [-0.2, 0) is 4.79 Å². The molecule has 6 nitrogen and oxygen atoms in total. The van der Waals surface area contributed by atoms with Gasteiger partial charge in [-0.2, -0.15) is 0 Å². The summed E-state index contributed by atoms with van der Waals surface area (Å²) < 4.78 is 0. The second-order valence-corrected chi connectivity index (χ2v) is 6.02. The maximum absolute atomic E-state index is 12.1. The van der Waals surface area contributed by atoms with Crippen molar-refractivity contribution in [1.82, 2.24) is 10.2 Å². The third-order valence-corrected chi connectivity index (χ3v) is 4.89. The zero-order valence-corrected chi connectivity index (χ0v) is 13.3. The number of rotatable bonds is 6. The number of carboxylic acids is 1. The molecule has 1 aliphatic rings. The van der Waals surface area contributed by atoms with Gasteiger partial charge in [-0.05, 0) is 38.5 Å². The van der Waals surface area contributed by atoms with Crippen molar-refractivity contribution in [2.24, 2.45) is 11.3 Å². The summed E-state index contributed by atoms with van der Waals surface area (Å²) in [6.45, 7) is 6.82. The van der Waals surface area contributed by atoms with Crippen molar-refractivity contribution in [1.29, 1.82) is 0 Å². The number of piperidine rings is 1. The van der Waals surface area contributed by atoms with Gasteiger partial charge in [0, 0.05) is 19.6 Å². The average molecular weight is 300 g/mol. The van der Waals surface area contributed by atoms with Gasteiger partial charge in [-0.25, -0.2) is 4.79 Å². The fraction of sp³-hybridized carbons (Fsp3) is 0.867. The van der Waals surface area contributed by atoms with Crippen LogP contribution in [0.4, 0.5) is 4.79 Å². The van der Waals surface area contributed by atoms with E-state index >= 15 is 0 Å². The van der Waals surface area contributed by atoms with Crippen LogP contribution in [0.5, 0.6) is 0 Å². The van der Waals surface area contributed by atoms with Crippen molar-refractivity contribution < 1.29 is 19.8 Å². The second kappa shape index (κ2) is 7.64. The largest absolute Gasteiger partial charge is 0.481 e. The Morgan fingerprint density at radius 3 is 2.19 bits per heavy atom. The quantitative estimate of drug-likeness (QED) is 0.696. The lowest BCUT2D eigenvalue weighted by atomic mass is 9.82. The molecule has 0 aromatic carbocycles. The molecule has 1 rings (SSSR count). The van der Waals surface area contributed by atoms with Gasteiger partial charge in [0.1, 0.15) is 0 Å². The van der Waals surface area contributed by atoms with Gasteiger partial charge in [0.2, 0.25) is 0 Å². The van der Waals surface area contributed by atoms with Crippen molar-refractivity contribution in [3.8, 4) is 0 Å². The molecule has 1 aliphatic heterocycles. The molecule has 6 heteroatoms. The first-order valence-corrected chi connectivity index (χ1v) is 7.80. The lowest BCUT2D eigenvalue weighted by Gasteiger charge is -2.34. The Labute approximate surface area is 126 Å². The van der Waals surface area contributed by atoms with Crippen LogP contribution in [0.25, 0.3) is 0 Å². The maximum atomic E-state index is 12.1. The van der Waals surface area contributed by atoms with Crippen molar-refractivity contribution in [3.63, 3.8) is 0 Å². The molecule has 0 aromatic heterocycles. The highest BCUT2D eigenvalue weighted by atomic mass is 16.4. The lowest BCUT2D eigenvalue weighted by Crippen LogP contribution is -2.49. The molecule has 1 unspecified atom stereocenters. The molecule has 0 aromatic rings. The average Bonchev–Trinajstić information content (AvgIpc) is 2.48. The fourth-order valence-electron chi connectivity index (χ4n) is 2.82. The number of hydrogen-bond acceptors (Lipinski definition) is 3. The van der Waals surface area contributed by atoms with Crippen LogP contribution in [0.15, 0.2) is 0 Å². The van der Waals surface area contributed by atoms with E-state index < -0.39 is 11.4 Å². The first kappa shape index (κ1) is 17.8. The van der Waals surface area contributed by atoms with Crippen molar-refractivity contribution in [2.75, 3.05) is 19.6 Å². The molecular formula is C15H28N2O4. The summed E-state index contributed by atoms with van der Waals surface area (Å²) in [5, 5.41) is 21.7. The number of carbonyl (C=O) groups is 2. The number of aliphatic hydroxyl groups is 1. The molecular weight excluding hydrogens is 272 g/mol. The van der Waals surface area contributed by atoms with Crippen LogP contribution in [0.1, 0.15) is 46.5 Å². The number of likely N-dealkylation sites (tertiary alicyclic amines) is 1. The van der Waals surface area contributed by atoms with E-state index in [0.29, 0.717) is 25.9 Å². The Balaban J connectivity index is 2.49. The normalized spacial score (nSPS) is 18.4. The van der Waals surface area contributed by atoms with Crippen molar-refractivity contribution in [2.45, 2.75) is 52.6 Å². The van der Waals surface area contributed by atoms with E-state index in [-0.39, 0.29) is 24.6 Å². The van der Waals surface area contributed by atoms with E-state index in [1.807, 2.05) is 13.8 Å². The summed E-state index contributed by atoms with van der Waals surface area (Å²) in [6.07, 6.45) is 2.22. The molecule has 21 heavy (non-hydrogen) atoms. The molecule has 1 heterocycles. The third kappa shape index (κ3) is 4.33. The Morgan fingerprint density at radius 2 is 1.81 bits per heavy atom. The monoisotopic (exact) mass is 300 g/mol. The molecule has 122 valence electrons. The number of urea groups is 1. The van der Waals surface area contributed by atoms with Gasteiger partial charge in [-0.15, -0.1) is 0 Å². The highest BCUT2D eigenvalue weighted by Crippen LogP contribution is 2.26. The van der Waals surface area contributed by atoms with Crippen LogP contribution in [0.3, 0.4) is 0 Å². The summed E-state index contributed by atoms with van der Waals surface area (Å²) in [4.78, 5) is 25.2. The number of nitrogens with zero attached hydrogens (tertiary/aromatic N) is 1. The van der Waals surface area contributed by atoms with E-state index in [2.05, 4.69) is 5.32 Å². The summed E-state index contributed by atoms with van der Waals surface area (Å²) in [5.41, 5.74) is -0.881. The minimum absolute atomic E-state index is 0.157. The summed E-state index contributed by atoms with van der Waals surface area (Å²) >= 11 is 0. The van der Waals surface area contributed by atoms with Gasteiger partial charge in [-0.1, -0.05) is 13.8 Å². The number of carboxylic acid groups (broad SMARTS) is 1. The van der Waals surface area contributed by atoms with Crippen molar-refractivity contribution in [3.05, 3.63) is 0 Å². The number of aliphatic carboxylic acids is 1. The molecule has 1 fully saturated rings. The van der Waals surface area contributed by atoms with E-state index in [9.17, 15) is 19.8 Å². The van der Waals surface area contributed by atoms with Gasteiger partial charge in [0.25, 0.3) is 0 Å². The Bertz CT molecular complexity index is 359. The predicted octanol–water partition coefficient (Wildman–Crippen LogP) is 1.68. The Hall–Kier alpha value is -1.30. The van der Waals surface area contributed by atoms with Gasteiger partial charge in [0.05, 0.1) is 11.5 Å². The van der Waals surface area contributed by atoms with Crippen LogP contribution in [0.2, 0.25) is 0 Å². The topological polar surface area (TPSA) is 89.9 Å². The minimum Gasteiger partial charge on any atom is -0.481 e. The lowest BCUT2D eigenvalue weighted by molar-refractivity contribution is -0.149.